The summed E-state index contributed by atoms with van der Waals surface area (Å²) in [6, 6.07) is 3.50. The highest BCUT2D eigenvalue weighted by molar-refractivity contribution is 5.36. The second-order valence-electron chi connectivity index (χ2n) is 3.47. The molecule has 0 spiro atoms. The minimum Gasteiger partial charge on any atom is -0.477 e. The van der Waals surface area contributed by atoms with Crippen LogP contribution in [-0.2, 0) is 4.74 Å². The summed E-state index contributed by atoms with van der Waals surface area (Å²) >= 11 is 0. The second-order valence-corrected chi connectivity index (χ2v) is 3.47. The van der Waals surface area contributed by atoms with E-state index in [0.717, 1.165) is 0 Å². The third-order valence-electron chi connectivity index (χ3n) is 0.983. The zero-order valence-corrected chi connectivity index (χ0v) is 8.88. The zero-order chi connectivity index (χ0) is 11.7. The SMILES string of the molecule is CC(C)(C)O/C(C#N)=C/C#CC#CC#N. The summed E-state index contributed by atoms with van der Waals surface area (Å²) in [4.78, 5) is 0. The molecule has 0 rings (SSSR count). The molecule has 0 atom stereocenters. The van der Waals surface area contributed by atoms with E-state index >= 15 is 0 Å². The van der Waals surface area contributed by atoms with Gasteiger partial charge in [-0.25, -0.2) is 0 Å². The fourth-order valence-electron chi connectivity index (χ4n) is 0.611. The molecular formula is C12H10N2O. The van der Waals surface area contributed by atoms with E-state index < -0.39 is 5.60 Å². The number of ether oxygens (including phenoxy) is 1. The maximum absolute atomic E-state index is 8.69. The summed E-state index contributed by atoms with van der Waals surface area (Å²) < 4.78 is 5.28. The van der Waals surface area contributed by atoms with Crippen LogP contribution in [0.15, 0.2) is 11.8 Å². The Hall–Kier alpha value is -2.36. The van der Waals surface area contributed by atoms with E-state index in [9.17, 15) is 0 Å². The highest BCUT2D eigenvalue weighted by Crippen LogP contribution is 2.12. The quantitative estimate of drug-likeness (QED) is 0.366. The molecule has 0 radical (unpaired) electrons. The maximum atomic E-state index is 8.69. The predicted octanol–water partition coefficient (Wildman–Crippen LogP) is 1.74. The fraction of sp³-hybridized carbons (Fsp3) is 0.333. The first-order valence-corrected chi connectivity index (χ1v) is 4.18. The number of nitriles is 2. The van der Waals surface area contributed by atoms with Crippen molar-refractivity contribution in [3.05, 3.63) is 11.8 Å². The average molecular weight is 198 g/mol. The van der Waals surface area contributed by atoms with Crippen molar-refractivity contribution in [3.63, 3.8) is 0 Å². The van der Waals surface area contributed by atoms with Gasteiger partial charge in [0.15, 0.2) is 6.07 Å². The summed E-state index contributed by atoms with van der Waals surface area (Å²) in [5.41, 5.74) is -0.429. The van der Waals surface area contributed by atoms with E-state index in [1.165, 1.54) is 6.08 Å². The monoisotopic (exact) mass is 198 g/mol. The molecule has 0 heterocycles. The van der Waals surface area contributed by atoms with Gasteiger partial charge in [-0.2, -0.15) is 10.5 Å². The zero-order valence-electron chi connectivity index (χ0n) is 8.88. The number of hydrogen-bond donors (Lipinski definition) is 0. The first kappa shape index (κ1) is 12.6. The van der Waals surface area contributed by atoms with E-state index in [1.807, 2.05) is 26.8 Å². The van der Waals surface area contributed by atoms with Gasteiger partial charge in [0.25, 0.3) is 0 Å². The van der Waals surface area contributed by atoms with Crippen molar-refractivity contribution >= 4 is 0 Å². The highest BCUT2D eigenvalue weighted by Gasteiger charge is 2.12. The van der Waals surface area contributed by atoms with Gasteiger partial charge in [-0.3, -0.25) is 0 Å². The molecule has 74 valence electrons. The van der Waals surface area contributed by atoms with Crippen molar-refractivity contribution < 1.29 is 4.74 Å². The molecule has 0 aromatic heterocycles. The third-order valence-corrected chi connectivity index (χ3v) is 0.983. The molecule has 0 amide bonds. The van der Waals surface area contributed by atoms with Crippen LogP contribution in [-0.4, -0.2) is 5.60 Å². The lowest BCUT2D eigenvalue weighted by molar-refractivity contribution is 0.0618. The normalized spacial score (nSPS) is 9.53. The molecule has 0 bridgehead atoms. The molecule has 0 aliphatic heterocycles. The van der Waals surface area contributed by atoms with Crippen LogP contribution in [0.2, 0.25) is 0 Å². The number of rotatable bonds is 1. The number of allylic oxidation sites excluding steroid dienone is 2. The largest absolute Gasteiger partial charge is 0.477 e. The van der Waals surface area contributed by atoms with Crippen molar-refractivity contribution in [2.75, 3.05) is 0 Å². The lowest BCUT2D eigenvalue weighted by Gasteiger charge is -2.19. The molecule has 0 aliphatic rings. The molecule has 15 heavy (non-hydrogen) atoms. The molecule has 0 saturated heterocycles. The van der Waals surface area contributed by atoms with Crippen molar-refractivity contribution in [3.8, 4) is 35.8 Å². The Morgan fingerprint density at radius 2 is 1.80 bits per heavy atom. The van der Waals surface area contributed by atoms with Crippen LogP contribution in [0, 0.1) is 46.3 Å². The van der Waals surface area contributed by atoms with Gasteiger partial charge < -0.3 is 4.74 Å². The van der Waals surface area contributed by atoms with Gasteiger partial charge in [0.2, 0.25) is 5.76 Å². The number of hydrogen-bond acceptors (Lipinski definition) is 3. The highest BCUT2D eigenvalue weighted by atomic mass is 16.5. The molecule has 0 aromatic rings. The molecule has 3 nitrogen and oxygen atoms in total. The van der Waals surface area contributed by atoms with Crippen LogP contribution < -0.4 is 0 Å². The van der Waals surface area contributed by atoms with E-state index in [2.05, 4.69) is 23.7 Å². The Kier molecular flexibility index (Phi) is 5.18. The van der Waals surface area contributed by atoms with Crippen molar-refractivity contribution in [2.24, 2.45) is 0 Å². The Balaban J connectivity index is 4.57. The van der Waals surface area contributed by atoms with Crippen molar-refractivity contribution in [2.45, 2.75) is 26.4 Å². The molecule has 0 fully saturated rings. The smallest absolute Gasteiger partial charge is 0.206 e. The van der Waals surface area contributed by atoms with Crippen molar-refractivity contribution in [1.82, 2.24) is 0 Å². The van der Waals surface area contributed by atoms with E-state index in [4.69, 9.17) is 15.3 Å². The van der Waals surface area contributed by atoms with Crippen molar-refractivity contribution in [1.29, 1.82) is 10.5 Å². The molecular weight excluding hydrogens is 188 g/mol. The Morgan fingerprint density at radius 3 is 2.27 bits per heavy atom. The second kappa shape index (κ2) is 6.15. The first-order valence-electron chi connectivity index (χ1n) is 4.18. The molecule has 0 aliphatic carbocycles. The van der Waals surface area contributed by atoms with Crippen LogP contribution in [0.1, 0.15) is 20.8 Å². The molecule has 0 aromatic carbocycles. The Labute approximate surface area is 90.0 Å². The lowest BCUT2D eigenvalue weighted by Crippen LogP contribution is -2.18. The number of nitrogens with zero attached hydrogens (tertiary/aromatic N) is 2. The van der Waals surface area contributed by atoms with Gasteiger partial charge >= 0.3 is 0 Å². The molecule has 0 N–H and O–H groups in total. The van der Waals surface area contributed by atoms with Crippen LogP contribution in [0.3, 0.4) is 0 Å². The van der Waals surface area contributed by atoms with E-state index in [0.29, 0.717) is 0 Å². The first-order chi connectivity index (χ1) is 6.99. The van der Waals surface area contributed by atoms with E-state index in [-0.39, 0.29) is 5.76 Å². The maximum Gasteiger partial charge on any atom is 0.206 e. The third kappa shape index (κ3) is 7.98. The van der Waals surface area contributed by atoms with E-state index in [1.54, 1.807) is 6.07 Å². The van der Waals surface area contributed by atoms with Crippen LogP contribution in [0.5, 0.6) is 0 Å². The summed E-state index contributed by atoms with van der Waals surface area (Å²) in [6.07, 6.45) is 1.33. The van der Waals surface area contributed by atoms with Crippen LogP contribution in [0.25, 0.3) is 0 Å². The average Bonchev–Trinajstić information content (AvgIpc) is 2.14. The summed E-state index contributed by atoms with van der Waals surface area (Å²) in [5, 5.41) is 16.8. The summed E-state index contributed by atoms with van der Waals surface area (Å²) in [5.74, 6) is 9.45. The standard InChI is InChI=1S/C12H10N2O/c1-12(2,3)15-11(10-14)8-6-4-5-7-9-13/h8H,1-3H3/b11-8+. The molecule has 3 heteroatoms. The molecule has 0 unspecified atom stereocenters. The fourth-order valence-corrected chi connectivity index (χ4v) is 0.611. The van der Waals surface area contributed by atoms with Gasteiger partial charge in [0.1, 0.15) is 11.7 Å². The van der Waals surface area contributed by atoms with Gasteiger partial charge in [0.05, 0.1) is 0 Å². The summed E-state index contributed by atoms with van der Waals surface area (Å²) in [7, 11) is 0. The predicted molar refractivity (Wildman–Crippen MR) is 55.7 cm³/mol. The van der Waals surface area contributed by atoms with Gasteiger partial charge in [0, 0.05) is 17.9 Å². The summed E-state index contributed by atoms with van der Waals surface area (Å²) in [6.45, 7) is 5.50. The molecule has 0 saturated carbocycles. The minimum absolute atomic E-state index is 0.133. The van der Waals surface area contributed by atoms with Gasteiger partial charge in [-0.15, -0.1) is 0 Å². The van der Waals surface area contributed by atoms with Crippen LogP contribution in [0.4, 0.5) is 0 Å². The Morgan fingerprint density at radius 1 is 1.13 bits per heavy atom. The lowest BCUT2D eigenvalue weighted by atomic mass is 10.2. The van der Waals surface area contributed by atoms with Gasteiger partial charge in [-0.05, 0) is 26.7 Å². The van der Waals surface area contributed by atoms with Gasteiger partial charge in [-0.1, -0.05) is 5.92 Å². The minimum atomic E-state index is -0.429. The van der Waals surface area contributed by atoms with Crippen LogP contribution >= 0.6 is 0 Å². The topological polar surface area (TPSA) is 56.8 Å². The Bertz CT molecular complexity index is 445.